The first-order valence-corrected chi connectivity index (χ1v) is 8.66. The molecular formula is CH8AlBMnSiTi. The van der Waals surface area contributed by atoms with Gasteiger partial charge < -0.3 is 0 Å². The predicted octanol–water partition coefficient (Wildman–Crippen LogP) is -1.90. The van der Waals surface area contributed by atoms with Crippen molar-refractivity contribution >= 4 is 28.7 Å². The van der Waals surface area contributed by atoms with Crippen LogP contribution in [0, 0.1) is 0 Å². The molecule has 0 aliphatic rings. The van der Waals surface area contributed by atoms with Gasteiger partial charge in [0.25, 0.3) is 0 Å². The van der Waals surface area contributed by atoms with Crippen molar-refractivity contribution in [2.24, 2.45) is 0 Å². The van der Waals surface area contributed by atoms with E-state index in [9.17, 15) is 0 Å². The second-order valence-corrected chi connectivity index (χ2v) is 12.1. The van der Waals surface area contributed by atoms with E-state index in [1.165, 1.54) is 8.80 Å². The van der Waals surface area contributed by atoms with Crippen molar-refractivity contribution < 1.29 is 38.8 Å². The van der Waals surface area contributed by atoms with Crippen LogP contribution in [0.15, 0.2) is 0 Å². The maximum atomic E-state index is 2.37. The van der Waals surface area contributed by atoms with E-state index in [0.717, 1.165) is 0 Å². The minimum atomic E-state index is -0.000000000000000222. The fourth-order valence-corrected chi connectivity index (χ4v) is 0. The average molecular weight is 189 g/mol. The van der Waals surface area contributed by atoms with Crippen molar-refractivity contribution in [3.8, 4) is 0 Å². The molecule has 0 aliphatic carbocycles. The molecule has 6 heavy (non-hydrogen) atoms. The summed E-state index contributed by atoms with van der Waals surface area (Å²) in [6.07, 6.45) is 0. The van der Waals surface area contributed by atoms with Gasteiger partial charge in [0, 0.05) is 38.8 Å². The van der Waals surface area contributed by atoms with Crippen molar-refractivity contribution in [2.45, 2.75) is 5.79 Å². The normalized spacial score (nSPS) is 4.83. The molecule has 0 heterocycles. The first kappa shape index (κ1) is 15.7. The Hall–Kier alpha value is 2.05. The van der Waals surface area contributed by atoms with Gasteiger partial charge in [-0.05, 0) is 0 Å². The minimum absolute atomic E-state index is 0. The van der Waals surface area contributed by atoms with Gasteiger partial charge in [0.05, 0.1) is 6.62 Å². The monoisotopic (exact) mass is 189 g/mol. The van der Waals surface area contributed by atoms with Gasteiger partial charge in [0.15, 0.2) is 13.3 Å². The molecule has 0 bridgehead atoms. The Balaban J connectivity index is -0.0000000450. The second-order valence-electron chi connectivity index (χ2n) is 1.73. The molecule has 33 valence electrons. The van der Waals surface area contributed by atoms with Crippen molar-refractivity contribution in [3.63, 3.8) is 0 Å². The molecule has 0 saturated heterocycles. The second kappa shape index (κ2) is 10.1. The average Bonchev–Trinajstić information content (AvgIpc) is 0.811. The predicted molar refractivity (Wildman–Crippen MR) is 30.1 cm³/mol. The molecule has 0 aromatic carbocycles. The molecule has 0 saturated carbocycles. The zero-order valence-corrected chi connectivity index (χ0v) is 10.4. The zero-order chi connectivity index (χ0) is 3.58. The van der Waals surface area contributed by atoms with Crippen molar-refractivity contribution in [1.82, 2.24) is 0 Å². The molecule has 0 rings (SSSR count). The minimum Gasteiger partial charge on any atom is -0.115 e. The molecule has 1 radical (unpaired) electrons. The Morgan fingerprint density at radius 3 is 1.67 bits per heavy atom. The molecule has 0 amide bonds. The molecule has 5 heteroatoms. The molecule has 0 atom stereocenters. The van der Waals surface area contributed by atoms with Crippen LogP contribution in [0.25, 0.3) is 0 Å². The Bertz CT molecular complexity index is 20.3. The number of rotatable bonds is 0. The summed E-state index contributed by atoms with van der Waals surface area (Å²) >= 11 is -0.000000000000000222. The summed E-state index contributed by atoms with van der Waals surface area (Å²) in [4.78, 5) is 0. The van der Waals surface area contributed by atoms with Gasteiger partial charge in [-0.25, -0.2) is 0 Å². The maximum absolute atomic E-state index is 2.37. The molecule has 0 aromatic heterocycles. The van der Waals surface area contributed by atoms with Crippen LogP contribution >= 0.6 is 0 Å². The Morgan fingerprint density at radius 1 is 1.67 bits per heavy atom. The van der Waals surface area contributed by atoms with E-state index in [0.29, 0.717) is 0 Å². The SMILES string of the molecule is [BH2][Al]([CH3])[SiH3].[Mn].[Ti]. The van der Waals surface area contributed by atoms with Crippen LogP contribution in [0.5, 0.6) is 0 Å². The summed E-state index contributed by atoms with van der Waals surface area (Å²) in [5.41, 5.74) is 0. The topological polar surface area (TPSA) is 0 Å². The standard InChI is InChI=1S/CH3.Al.BH2.Mn.H3Si.Ti/h1H3;;1H2;;1H3;/q;-1;+1;;;. The fourth-order valence-electron chi connectivity index (χ4n) is 0. The molecule has 0 spiro atoms. The summed E-state index contributed by atoms with van der Waals surface area (Å²) in [7, 11) is 1.49. The van der Waals surface area contributed by atoms with Crippen LogP contribution in [0.3, 0.4) is 0 Å². The van der Waals surface area contributed by atoms with E-state index in [2.05, 4.69) is 12.4 Å². The molecule has 0 nitrogen and oxygen atoms in total. The van der Waals surface area contributed by atoms with E-state index in [1.807, 2.05) is 0 Å². The third-order valence-corrected chi connectivity index (χ3v) is 0. The van der Waals surface area contributed by atoms with Crippen LogP contribution < -0.4 is 0 Å². The van der Waals surface area contributed by atoms with Crippen molar-refractivity contribution in [3.05, 3.63) is 0 Å². The summed E-state index contributed by atoms with van der Waals surface area (Å²) in [6.45, 7) is 2.37. The number of hydrogen-bond donors (Lipinski definition) is 0. The fraction of sp³-hybridized carbons (Fsp3) is 1.00. The van der Waals surface area contributed by atoms with Crippen LogP contribution in [0.4, 0.5) is 0 Å². The van der Waals surface area contributed by atoms with Gasteiger partial charge in [-0.15, -0.1) is 5.79 Å². The van der Waals surface area contributed by atoms with E-state index in [4.69, 9.17) is 0 Å². The van der Waals surface area contributed by atoms with Crippen LogP contribution in [-0.4, -0.2) is 28.7 Å². The van der Waals surface area contributed by atoms with Crippen LogP contribution in [0.1, 0.15) is 0 Å². The van der Waals surface area contributed by atoms with Crippen molar-refractivity contribution in [1.29, 1.82) is 0 Å². The van der Waals surface area contributed by atoms with Gasteiger partial charge >= 0.3 is 0 Å². The van der Waals surface area contributed by atoms with Gasteiger partial charge in [0.2, 0.25) is 0 Å². The Morgan fingerprint density at radius 2 is 1.67 bits per heavy atom. The smallest absolute Gasteiger partial charge is 0.115 e. The molecular weight excluding hydrogens is 181 g/mol. The van der Waals surface area contributed by atoms with E-state index in [-0.39, 0.29) is 52.1 Å². The maximum Gasteiger partial charge on any atom is 0.190 e. The Kier molecular flexibility index (Phi) is 26.5. The Labute approximate surface area is 72.7 Å². The van der Waals surface area contributed by atoms with E-state index in [1.54, 1.807) is 0 Å². The zero-order valence-electron chi connectivity index (χ0n) is 4.46. The summed E-state index contributed by atoms with van der Waals surface area (Å²) < 4.78 is 0. The molecule has 0 unspecified atom stereocenters. The molecule has 0 aromatic rings. The van der Waals surface area contributed by atoms with Gasteiger partial charge in [-0.2, -0.15) is 0 Å². The quantitative estimate of drug-likeness (QED) is 0.390. The summed E-state index contributed by atoms with van der Waals surface area (Å²) in [5.74, 6) is 2.37. The van der Waals surface area contributed by atoms with E-state index < -0.39 is 0 Å². The van der Waals surface area contributed by atoms with Gasteiger partial charge in [-0.1, -0.05) is 8.80 Å². The van der Waals surface area contributed by atoms with Gasteiger partial charge in [-0.3, -0.25) is 0 Å². The summed E-state index contributed by atoms with van der Waals surface area (Å²) in [5, 5.41) is 0. The molecule has 0 N–H and O–H groups in total. The molecule has 0 fully saturated rings. The van der Waals surface area contributed by atoms with Gasteiger partial charge in [0.1, 0.15) is 0 Å². The first-order valence-electron chi connectivity index (χ1n) is 1.73. The van der Waals surface area contributed by atoms with Crippen LogP contribution in [0.2, 0.25) is 5.79 Å². The third-order valence-electron chi connectivity index (χ3n) is 0. The summed E-state index contributed by atoms with van der Waals surface area (Å²) in [6, 6.07) is 0. The van der Waals surface area contributed by atoms with E-state index >= 15 is 0 Å². The first-order chi connectivity index (χ1) is 1.73. The largest absolute Gasteiger partial charge is 0.190 e. The molecule has 0 aliphatic heterocycles. The third kappa shape index (κ3) is 36.7. The number of hydrogen-bond acceptors (Lipinski definition) is 0. The van der Waals surface area contributed by atoms with Crippen LogP contribution in [-0.2, 0) is 38.8 Å². The van der Waals surface area contributed by atoms with Crippen molar-refractivity contribution in [2.75, 3.05) is 0 Å².